The van der Waals surface area contributed by atoms with Crippen LogP contribution in [0.5, 0.6) is 5.75 Å². The van der Waals surface area contributed by atoms with Gasteiger partial charge in [0, 0.05) is 27.7 Å². The highest BCUT2D eigenvalue weighted by Gasteiger charge is 2.10. The van der Waals surface area contributed by atoms with E-state index in [0.29, 0.717) is 16.3 Å². The number of nitrogens with one attached hydrogen (secondary N) is 2. The molecule has 0 fully saturated rings. The molecule has 0 bridgehead atoms. The van der Waals surface area contributed by atoms with Crippen molar-refractivity contribution in [2.45, 2.75) is 0 Å². The Morgan fingerprint density at radius 2 is 2.05 bits per heavy atom. The van der Waals surface area contributed by atoms with Crippen molar-refractivity contribution >= 4 is 34.1 Å². The molecule has 0 radical (unpaired) electrons. The van der Waals surface area contributed by atoms with Gasteiger partial charge >= 0.3 is 0 Å². The zero-order chi connectivity index (χ0) is 14.1. The first kappa shape index (κ1) is 12.6. The number of phenolic OH excluding ortho intramolecular Hbond substituents is 1. The summed E-state index contributed by atoms with van der Waals surface area (Å²) in [6.07, 6.45) is 1.81. The third kappa shape index (κ3) is 2.33. The van der Waals surface area contributed by atoms with E-state index in [1.807, 2.05) is 30.5 Å². The number of benzene rings is 2. The van der Waals surface area contributed by atoms with Gasteiger partial charge in [-0.3, -0.25) is 4.79 Å². The number of fused-ring (bicyclic) bond motifs is 1. The fourth-order valence-electron chi connectivity index (χ4n) is 2.09. The van der Waals surface area contributed by atoms with Crippen molar-refractivity contribution in [1.82, 2.24) is 4.98 Å². The van der Waals surface area contributed by atoms with Gasteiger partial charge in [0.1, 0.15) is 5.75 Å². The van der Waals surface area contributed by atoms with E-state index in [1.54, 1.807) is 0 Å². The third-order valence-corrected chi connectivity index (χ3v) is 3.21. The Morgan fingerprint density at radius 1 is 1.20 bits per heavy atom. The molecule has 100 valence electrons. The summed E-state index contributed by atoms with van der Waals surface area (Å²) in [5.74, 6) is -0.362. The maximum Gasteiger partial charge on any atom is 0.255 e. The van der Waals surface area contributed by atoms with Crippen molar-refractivity contribution in [2.75, 3.05) is 5.32 Å². The maximum absolute atomic E-state index is 12.2. The van der Waals surface area contributed by atoms with Gasteiger partial charge in [0.05, 0.1) is 5.69 Å². The van der Waals surface area contributed by atoms with Crippen LogP contribution in [0.25, 0.3) is 10.9 Å². The summed E-state index contributed by atoms with van der Waals surface area (Å²) in [5, 5.41) is 13.5. The average Bonchev–Trinajstić information content (AvgIpc) is 2.87. The molecule has 0 spiro atoms. The number of aromatic nitrogens is 1. The van der Waals surface area contributed by atoms with Gasteiger partial charge in [0.2, 0.25) is 0 Å². The summed E-state index contributed by atoms with van der Waals surface area (Å²) in [4.78, 5) is 15.3. The van der Waals surface area contributed by atoms with Crippen molar-refractivity contribution in [2.24, 2.45) is 0 Å². The van der Waals surface area contributed by atoms with Crippen LogP contribution in [0.1, 0.15) is 10.4 Å². The largest absolute Gasteiger partial charge is 0.508 e. The van der Waals surface area contributed by atoms with Crippen LogP contribution in [-0.4, -0.2) is 16.0 Å². The Morgan fingerprint density at radius 3 is 2.85 bits per heavy atom. The third-order valence-electron chi connectivity index (χ3n) is 2.99. The first-order valence-electron chi connectivity index (χ1n) is 6.00. The molecule has 0 aliphatic carbocycles. The van der Waals surface area contributed by atoms with Crippen LogP contribution in [-0.2, 0) is 0 Å². The van der Waals surface area contributed by atoms with Gasteiger partial charge in [0.25, 0.3) is 5.91 Å². The van der Waals surface area contributed by atoms with Crippen LogP contribution < -0.4 is 5.32 Å². The summed E-state index contributed by atoms with van der Waals surface area (Å²) >= 11 is 5.83. The summed E-state index contributed by atoms with van der Waals surface area (Å²) < 4.78 is 0. The number of halogens is 1. The number of hydrogen-bond donors (Lipinski definition) is 3. The second-order valence-electron chi connectivity index (χ2n) is 4.40. The molecule has 2 aromatic carbocycles. The minimum absolute atomic E-state index is 0.0393. The molecule has 20 heavy (non-hydrogen) atoms. The lowest BCUT2D eigenvalue weighted by Crippen LogP contribution is -2.11. The molecule has 3 N–H and O–H groups in total. The summed E-state index contributed by atoms with van der Waals surface area (Å²) in [5.41, 5.74) is 1.95. The zero-order valence-electron chi connectivity index (χ0n) is 10.4. The minimum Gasteiger partial charge on any atom is -0.508 e. The Labute approximate surface area is 120 Å². The van der Waals surface area contributed by atoms with E-state index >= 15 is 0 Å². The summed E-state index contributed by atoms with van der Waals surface area (Å²) in [7, 11) is 0. The Balaban J connectivity index is 1.94. The SMILES string of the molecule is O=C(Nc1cccc2[nH]ccc12)c1cc(O)cc(Cl)c1. The number of carbonyl (C=O) groups is 1. The highest BCUT2D eigenvalue weighted by molar-refractivity contribution is 6.31. The molecule has 1 amide bonds. The zero-order valence-corrected chi connectivity index (χ0v) is 11.1. The van der Waals surface area contributed by atoms with Crippen molar-refractivity contribution < 1.29 is 9.90 Å². The Bertz CT molecular complexity index is 775. The van der Waals surface area contributed by atoms with Crippen LogP contribution in [0.2, 0.25) is 5.02 Å². The number of aromatic hydroxyl groups is 1. The van der Waals surface area contributed by atoms with Crippen molar-refractivity contribution in [3.05, 3.63) is 59.2 Å². The molecule has 0 aliphatic heterocycles. The van der Waals surface area contributed by atoms with Crippen LogP contribution in [0, 0.1) is 0 Å². The van der Waals surface area contributed by atoms with Gasteiger partial charge in [-0.25, -0.2) is 0 Å². The number of H-pyrrole nitrogens is 1. The summed E-state index contributed by atoms with van der Waals surface area (Å²) in [6.45, 7) is 0. The Kier molecular flexibility index (Phi) is 3.08. The topological polar surface area (TPSA) is 65.1 Å². The molecule has 0 atom stereocenters. The molecule has 1 heterocycles. The molecular formula is C15H11ClN2O2. The first-order chi connectivity index (χ1) is 9.63. The number of anilines is 1. The minimum atomic E-state index is -0.323. The van der Waals surface area contributed by atoms with Crippen LogP contribution in [0.15, 0.2) is 48.7 Å². The Hall–Kier alpha value is -2.46. The highest BCUT2D eigenvalue weighted by Crippen LogP contribution is 2.24. The lowest BCUT2D eigenvalue weighted by molar-refractivity contribution is 0.102. The molecule has 4 nitrogen and oxygen atoms in total. The number of rotatable bonds is 2. The number of hydrogen-bond acceptors (Lipinski definition) is 2. The number of amides is 1. The standard InChI is InChI=1S/C15H11ClN2O2/c16-10-6-9(7-11(19)8-10)15(20)18-14-3-1-2-13-12(14)4-5-17-13/h1-8,17,19H,(H,18,20). The lowest BCUT2D eigenvalue weighted by Gasteiger charge is -2.07. The molecule has 5 heteroatoms. The van der Waals surface area contributed by atoms with Crippen molar-refractivity contribution in [3.8, 4) is 5.75 Å². The van der Waals surface area contributed by atoms with E-state index in [2.05, 4.69) is 10.3 Å². The van der Waals surface area contributed by atoms with E-state index < -0.39 is 0 Å². The molecule has 0 saturated heterocycles. The molecule has 0 unspecified atom stereocenters. The first-order valence-corrected chi connectivity index (χ1v) is 6.38. The van der Waals surface area contributed by atoms with Crippen LogP contribution in [0.3, 0.4) is 0 Å². The second kappa shape index (κ2) is 4.90. The number of phenols is 1. The van der Waals surface area contributed by atoms with E-state index in [9.17, 15) is 9.90 Å². The fraction of sp³-hybridized carbons (Fsp3) is 0. The van der Waals surface area contributed by atoms with Gasteiger partial charge in [-0.1, -0.05) is 17.7 Å². The molecule has 3 aromatic rings. The fourth-order valence-corrected chi connectivity index (χ4v) is 2.32. The summed E-state index contributed by atoms with van der Waals surface area (Å²) in [6, 6.07) is 11.7. The second-order valence-corrected chi connectivity index (χ2v) is 4.83. The van der Waals surface area contributed by atoms with E-state index in [1.165, 1.54) is 18.2 Å². The molecule has 0 aliphatic rings. The van der Waals surface area contributed by atoms with Crippen LogP contribution in [0.4, 0.5) is 5.69 Å². The number of aromatic amines is 1. The highest BCUT2D eigenvalue weighted by atomic mass is 35.5. The van der Waals surface area contributed by atoms with Crippen molar-refractivity contribution in [1.29, 1.82) is 0 Å². The maximum atomic E-state index is 12.2. The normalized spacial score (nSPS) is 10.7. The predicted octanol–water partition coefficient (Wildman–Crippen LogP) is 3.78. The lowest BCUT2D eigenvalue weighted by atomic mass is 10.1. The van der Waals surface area contributed by atoms with E-state index in [-0.39, 0.29) is 11.7 Å². The predicted molar refractivity (Wildman–Crippen MR) is 79.4 cm³/mol. The molecule has 1 aromatic heterocycles. The smallest absolute Gasteiger partial charge is 0.255 e. The van der Waals surface area contributed by atoms with E-state index in [4.69, 9.17) is 11.6 Å². The molecular weight excluding hydrogens is 276 g/mol. The quantitative estimate of drug-likeness (QED) is 0.671. The van der Waals surface area contributed by atoms with Crippen molar-refractivity contribution in [3.63, 3.8) is 0 Å². The van der Waals surface area contributed by atoms with Gasteiger partial charge in [-0.2, -0.15) is 0 Å². The molecule has 0 saturated carbocycles. The van der Waals surface area contributed by atoms with Gasteiger partial charge in [0.15, 0.2) is 0 Å². The average molecular weight is 287 g/mol. The van der Waals surface area contributed by atoms with Crippen LogP contribution >= 0.6 is 11.6 Å². The monoisotopic (exact) mass is 286 g/mol. The molecule has 3 rings (SSSR count). The van der Waals surface area contributed by atoms with Gasteiger partial charge in [-0.15, -0.1) is 0 Å². The van der Waals surface area contributed by atoms with Gasteiger partial charge < -0.3 is 15.4 Å². The number of carbonyl (C=O) groups excluding carboxylic acids is 1. The van der Waals surface area contributed by atoms with Gasteiger partial charge in [-0.05, 0) is 36.4 Å². The van der Waals surface area contributed by atoms with E-state index in [0.717, 1.165) is 10.9 Å².